The maximum absolute atomic E-state index is 12.4. The van der Waals surface area contributed by atoms with Crippen molar-refractivity contribution in [2.45, 2.75) is 26.7 Å². The molecule has 3 aromatic heterocycles. The average Bonchev–Trinajstić information content (AvgIpc) is 3.12. The number of rotatable bonds is 3. The fraction of sp³-hybridized carbons (Fsp3) is 0.375. The normalized spacial score (nSPS) is 11.4. The van der Waals surface area contributed by atoms with E-state index in [-0.39, 0.29) is 11.8 Å². The number of aromatic nitrogens is 5. The Morgan fingerprint density at radius 3 is 2.74 bits per heavy atom. The van der Waals surface area contributed by atoms with E-state index in [0.29, 0.717) is 5.69 Å². The molecule has 0 aliphatic rings. The second kappa shape index (κ2) is 5.49. The van der Waals surface area contributed by atoms with Crippen molar-refractivity contribution in [3.8, 4) is 11.3 Å². The molecule has 120 valence electrons. The van der Waals surface area contributed by atoms with E-state index in [1.807, 2.05) is 19.2 Å². The third-order valence-corrected chi connectivity index (χ3v) is 3.84. The highest BCUT2D eigenvalue weighted by molar-refractivity contribution is 5.95. The molecule has 7 heteroatoms. The molecule has 0 bridgehead atoms. The number of aryl methyl sites for hydroxylation is 1. The minimum absolute atomic E-state index is 0.102. The van der Waals surface area contributed by atoms with Crippen LogP contribution in [0.2, 0.25) is 0 Å². The average molecular weight is 312 g/mol. The molecule has 1 amide bonds. The predicted octanol–water partition coefficient (Wildman–Crippen LogP) is 2.25. The zero-order valence-electron chi connectivity index (χ0n) is 14.0. The minimum Gasteiger partial charge on any atom is -0.343 e. The van der Waals surface area contributed by atoms with Crippen LogP contribution in [0.4, 0.5) is 0 Å². The first-order valence-electron chi connectivity index (χ1n) is 7.50. The second-order valence-electron chi connectivity index (χ2n) is 6.16. The van der Waals surface area contributed by atoms with Gasteiger partial charge >= 0.3 is 0 Å². The highest BCUT2D eigenvalue weighted by atomic mass is 16.2. The number of hydrogen-bond donors (Lipinski definition) is 1. The Bertz CT molecular complexity index is 874. The molecule has 0 atom stereocenters. The first-order chi connectivity index (χ1) is 10.9. The van der Waals surface area contributed by atoms with E-state index in [0.717, 1.165) is 28.0 Å². The van der Waals surface area contributed by atoms with Crippen molar-refractivity contribution in [2.24, 2.45) is 0 Å². The number of H-pyrrole nitrogens is 1. The lowest BCUT2D eigenvalue weighted by atomic mass is 9.96. The molecule has 0 saturated heterocycles. The van der Waals surface area contributed by atoms with Crippen molar-refractivity contribution in [3.63, 3.8) is 0 Å². The zero-order chi connectivity index (χ0) is 16.7. The van der Waals surface area contributed by atoms with E-state index in [2.05, 4.69) is 34.1 Å². The molecule has 0 radical (unpaired) electrons. The molecule has 0 saturated carbocycles. The van der Waals surface area contributed by atoms with Crippen LogP contribution >= 0.6 is 0 Å². The van der Waals surface area contributed by atoms with E-state index >= 15 is 0 Å². The summed E-state index contributed by atoms with van der Waals surface area (Å²) in [5, 5.41) is 11.5. The van der Waals surface area contributed by atoms with Crippen LogP contribution in [0.15, 0.2) is 18.6 Å². The Hall–Kier alpha value is -2.70. The SMILES string of the molecule is Cc1cc(-c2[nH]nc(C(=O)N(C)C)c2C(C)C)cn2ncnc12. The summed E-state index contributed by atoms with van der Waals surface area (Å²) in [6.07, 6.45) is 3.43. The first-order valence-corrected chi connectivity index (χ1v) is 7.50. The van der Waals surface area contributed by atoms with E-state index in [4.69, 9.17) is 0 Å². The fourth-order valence-corrected chi connectivity index (χ4v) is 2.74. The first kappa shape index (κ1) is 15.2. The Morgan fingerprint density at radius 2 is 2.09 bits per heavy atom. The molecular formula is C16H20N6O. The molecule has 23 heavy (non-hydrogen) atoms. The number of hydrogen-bond acceptors (Lipinski definition) is 4. The predicted molar refractivity (Wildman–Crippen MR) is 87.4 cm³/mol. The molecule has 3 rings (SSSR count). The monoisotopic (exact) mass is 312 g/mol. The molecule has 1 N–H and O–H groups in total. The van der Waals surface area contributed by atoms with Gasteiger partial charge in [0.15, 0.2) is 11.3 Å². The van der Waals surface area contributed by atoms with Crippen LogP contribution in [-0.4, -0.2) is 49.7 Å². The van der Waals surface area contributed by atoms with Crippen molar-refractivity contribution in [3.05, 3.63) is 35.4 Å². The highest BCUT2D eigenvalue weighted by Crippen LogP contribution is 2.31. The number of amides is 1. The van der Waals surface area contributed by atoms with Crippen LogP contribution < -0.4 is 0 Å². The number of fused-ring (bicyclic) bond motifs is 1. The summed E-state index contributed by atoms with van der Waals surface area (Å²) in [5.74, 6) is 0.0594. The summed E-state index contributed by atoms with van der Waals surface area (Å²) in [6.45, 7) is 6.11. The van der Waals surface area contributed by atoms with Crippen LogP contribution in [0.1, 0.15) is 41.4 Å². The van der Waals surface area contributed by atoms with Gasteiger partial charge in [-0.1, -0.05) is 13.8 Å². The summed E-state index contributed by atoms with van der Waals surface area (Å²) in [4.78, 5) is 18.1. The molecule has 3 aromatic rings. The van der Waals surface area contributed by atoms with Crippen molar-refractivity contribution < 1.29 is 4.79 Å². The largest absolute Gasteiger partial charge is 0.343 e. The molecule has 0 unspecified atom stereocenters. The lowest BCUT2D eigenvalue weighted by Crippen LogP contribution is -2.23. The smallest absolute Gasteiger partial charge is 0.274 e. The van der Waals surface area contributed by atoms with Gasteiger partial charge in [0.05, 0.1) is 5.69 Å². The van der Waals surface area contributed by atoms with E-state index in [1.165, 1.54) is 11.2 Å². The van der Waals surface area contributed by atoms with Crippen LogP contribution in [-0.2, 0) is 0 Å². The van der Waals surface area contributed by atoms with E-state index in [1.54, 1.807) is 18.6 Å². The van der Waals surface area contributed by atoms with Gasteiger partial charge in [-0.05, 0) is 24.5 Å². The molecule has 0 fully saturated rings. The number of aromatic amines is 1. The summed E-state index contributed by atoms with van der Waals surface area (Å²) in [7, 11) is 3.46. The summed E-state index contributed by atoms with van der Waals surface area (Å²) in [6, 6.07) is 2.04. The molecule has 7 nitrogen and oxygen atoms in total. The van der Waals surface area contributed by atoms with Gasteiger partial charge in [-0.3, -0.25) is 9.89 Å². The Kier molecular flexibility index (Phi) is 3.63. The number of carbonyl (C=O) groups excluding carboxylic acids is 1. The lowest BCUT2D eigenvalue weighted by Gasteiger charge is -2.13. The standard InChI is InChI=1S/C16H20N6O/c1-9(2)12-13(19-20-14(12)16(23)21(4)5)11-6-10(3)15-17-8-18-22(15)7-11/h6-9H,1-5H3,(H,19,20). The number of carbonyl (C=O) groups is 1. The van der Waals surface area contributed by atoms with Gasteiger partial charge in [-0.25, -0.2) is 9.50 Å². The van der Waals surface area contributed by atoms with Gasteiger partial charge in [-0.15, -0.1) is 0 Å². The van der Waals surface area contributed by atoms with Crippen LogP contribution in [0.3, 0.4) is 0 Å². The van der Waals surface area contributed by atoms with Crippen molar-refractivity contribution in [2.75, 3.05) is 14.1 Å². The van der Waals surface area contributed by atoms with E-state index in [9.17, 15) is 4.79 Å². The highest BCUT2D eigenvalue weighted by Gasteiger charge is 2.24. The van der Waals surface area contributed by atoms with Crippen LogP contribution in [0.5, 0.6) is 0 Å². The molecule has 0 aliphatic carbocycles. The van der Waals surface area contributed by atoms with Crippen LogP contribution in [0.25, 0.3) is 16.9 Å². The topological polar surface area (TPSA) is 79.2 Å². The number of nitrogens with one attached hydrogen (secondary N) is 1. The fourth-order valence-electron chi connectivity index (χ4n) is 2.74. The lowest BCUT2D eigenvalue weighted by molar-refractivity contribution is 0.0820. The summed E-state index contributed by atoms with van der Waals surface area (Å²) >= 11 is 0. The van der Waals surface area contributed by atoms with Gasteiger partial charge in [-0.2, -0.15) is 10.2 Å². The summed E-state index contributed by atoms with van der Waals surface area (Å²) in [5.41, 5.74) is 5.02. The molecule has 3 heterocycles. The van der Waals surface area contributed by atoms with Crippen molar-refractivity contribution in [1.82, 2.24) is 29.7 Å². The third-order valence-electron chi connectivity index (χ3n) is 3.84. The Balaban J connectivity index is 2.20. The Morgan fingerprint density at radius 1 is 1.35 bits per heavy atom. The third kappa shape index (κ3) is 2.48. The quantitative estimate of drug-likeness (QED) is 0.804. The van der Waals surface area contributed by atoms with Crippen LogP contribution in [0, 0.1) is 6.92 Å². The van der Waals surface area contributed by atoms with Gasteiger partial charge in [0.25, 0.3) is 5.91 Å². The second-order valence-corrected chi connectivity index (χ2v) is 6.16. The molecular weight excluding hydrogens is 292 g/mol. The minimum atomic E-state index is -0.102. The van der Waals surface area contributed by atoms with E-state index < -0.39 is 0 Å². The maximum Gasteiger partial charge on any atom is 0.274 e. The zero-order valence-corrected chi connectivity index (χ0v) is 14.0. The van der Waals surface area contributed by atoms with Crippen molar-refractivity contribution in [1.29, 1.82) is 0 Å². The molecule has 0 spiro atoms. The van der Waals surface area contributed by atoms with Gasteiger partial charge in [0.2, 0.25) is 0 Å². The molecule has 0 aromatic carbocycles. The van der Waals surface area contributed by atoms with Crippen molar-refractivity contribution >= 4 is 11.6 Å². The molecule has 0 aliphatic heterocycles. The van der Waals surface area contributed by atoms with Gasteiger partial charge < -0.3 is 4.90 Å². The van der Waals surface area contributed by atoms with Gasteiger partial charge in [0.1, 0.15) is 6.33 Å². The summed E-state index contributed by atoms with van der Waals surface area (Å²) < 4.78 is 1.74. The Labute approximate surface area is 134 Å². The van der Waals surface area contributed by atoms with Gasteiger partial charge in [0, 0.05) is 31.4 Å². The maximum atomic E-state index is 12.4. The number of nitrogens with zero attached hydrogens (tertiary/aromatic N) is 5. The number of pyridine rings is 1.